The molecule has 1 saturated heterocycles. The number of likely N-dealkylation sites (tertiary alicyclic amines) is 1. The third-order valence-corrected chi connectivity index (χ3v) is 4.40. The lowest BCUT2D eigenvalue weighted by atomic mass is 10.1. The fourth-order valence-electron chi connectivity index (χ4n) is 3.23. The van der Waals surface area contributed by atoms with Crippen LogP contribution in [0.25, 0.3) is 0 Å². The van der Waals surface area contributed by atoms with Crippen LogP contribution in [-0.2, 0) is 13.1 Å². The van der Waals surface area contributed by atoms with E-state index in [0.717, 1.165) is 37.4 Å². The van der Waals surface area contributed by atoms with Gasteiger partial charge < -0.3 is 4.90 Å². The molecule has 2 aromatic rings. The Morgan fingerprint density at radius 1 is 1.22 bits per heavy atom. The van der Waals surface area contributed by atoms with Gasteiger partial charge in [-0.2, -0.15) is 0 Å². The standard InChI is InChI=1S/C18H25N5/c1-14-9-19-7-6-15(14)12-23-8-4-5-18(23)17-11-20-10-16(21-17)13-22(2)3/h6-7,9-11,18H,4-5,8,12-13H2,1-3H3. The number of pyridine rings is 1. The van der Waals surface area contributed by atoms with Gasteiger partial charge in [-0.15, -0.1) is 0 Å². The van der Waals surface area contributed by atoms with E-state index in [2.05, 4.69) is 46.9 Å². The molecule has 5 heteroatoms. The van der Waals surface area contributed by atoms with Crippen molar-refractivity contribution in [2.24, 2.45) is 0 Å². The molecule has 1 aliphatic heterocycles. The van der Waals surface area contributed by atoms with Gasteiger partial charge in [-0.25, -0.2) is 0 Å². The average molecular weight is 311 g/mol. The van der Waals surface area contributed by atoms with Gasteiger partial charge in [-0.1, -0.05) is 0 Å². The van der Waals surface area contributed by atoms with Gasteiger partial charge in [0.15, 0.2) is 0 Å². The minimum absolute atomic E-state index is 0.372. The summed E-state index contributed by atoms with van der Waals surface area (Å²) < 4.78 is 0. The Labute approximate surface area is 138 Å². The predicted octanol–water partition coefficient (Wildman–Crippen LogP) is 2.58. The van der Waals surface area contributed by atoms with E-state index in [1.165, 1.54) is 17.5 Å². The molecule has 1 aliphatic rings. The van der Waals surface area contributed by atoms with E-state index < -0.39 is 0 Å². The van der Waals surface area contributed by atoms with Crippen molar-refractivity contribution in [3.63, 3.8) is 0 Å². The zero-order valence-corrected chi connectivity index (χ0v) is 14.2. The number of nitrogens with zero attached hydrogens (tertiary/aromatic N) is 5. The van der Waals surface area contributed by atoms with E-state index in [4.69, 9.17) is 4.98 Å². The molecule has 3 heterocycles. The van der Waals surface area contributed by atoms with Crippen molar-refractivity contribution < 1.29 is 0 Å². The number of aryl methyl sites for hydroxylation is 1. The van der Waals surface area contributed by atoms with Gasteiger partial charge in [-0.05, 0) is 57.6 Å². The van der Waals surface area contributed by atoms with Gasteiger partial charge in [0.2, 0.25) is 0 Å². The highest BCUT2D eigenvalue weighted by Gasteiger charge is 2.27. The second-order valence-corrected chi connectivity index (χ2v) is 6.60. The molecule has 0 bridgehead atoms. The van der Waals surface area contributed by atoms with Gasteiger partial charge in [0.05, 0.1) is 17.4 Å². The van der Waals surface area contributed by atoms with Gasteiger partial charge in [-0.3, -0.25) is 19.9 Å². The van der Waals surface area contributed by atoms with Crippen LogP contribution in [0.2, 0.25) is 0 Å². The van der Waals surface area contributed by atoms with Gasteiger partial charge in [0.25, 0.3) is 0 Å². The fourth-order valence-corrected chi connectivity index (χ4v) is 3.23. The van der Waals surface area contributed by atoms with Crippen LogP contribution in [0, 0.1) is 6.92 Å². The molecule has 3 rings (SSSR count). The monoisotopic (exact) mass is 311 g/mol. The second kappa shape index (κ2) is 7.15. The van der Waals surface area contributed by atoms with E-state index in [9.17, 15) is 0 Å². The highest BCUT2D eigenvalue weighted by Crippen LogP contribution is 2.32. The molecule has 0 radical (unpaired) electrons. The molecule has 23 heavy (non-hydrogen) atoms. The molecule has 0 saturated carbocycles. The lowest BCUT2D eigenvalue weighted by Crippen LogP contribution is -2.24. The Hall–Kier alpha value is -1.85. The predicted molar refractivity (Wildman–Crippen MR) is 90.8 cm³/mol. The van der Waals surface area contributed by atoms with Crippen LogP contribution in [0.5, 0.6) is 0 Å². The minimum atomic E-state index is 0.372. The Kier molecular flexibility index (Phi) is 4.98. The second-order valence-electron chi connectivity index (χ2n) is 6.60. The maximum Gasteiger partial charge on any atom is 0.0762 e. The third kappa shape index (κ3) is 3.92. The molecule has 2 aromatic heterocycles. The molecule has 122 valence electrons. The summed E-state index contributed by atoms with van der Waals surface area (Å²) in [6, 6.07) is 2.50. The molecule has 5 nitrogen and oxygen atoms in total. The summed E-state index contributed by atoms with van der Waals surface area (Å²) in [6.07, 6.45) is 10.00. The number of hydrogen-bond donors (Lipinski definition) is 0. The molecule has 0 spiro atoms. The SMILES string of the molecule is Cc1cnccc1CN1CCCC1c1cncc(CN(C)C)n1. The fraction of sp³-hybridized carbons (Fsp3) is 0.500. The molecule has 0 aliphatic carbocycles. The van der Waals surface area contributed by atoms with Crippen molar-refractivity contribution in [3.05, 3.63) is 53.4 Å². The van der Waals surface area contributed by atoms with Gasteiger partial charge >= 0.3 is 0 Å². The lowest BCUT2D eigenvalue weighted by Gasteiger charge is -2.25. The van der Waals surface area contributed by atoms with Gasteiger partial charge in [0, 0.05) is 37.9 Å². The van der Waals surface area contributed by atoms with Crippen molar-refractivity contribution >= 4 is 0 Å². The molecular weight excluding hydrogens is 286 g/mol. The Balaban J connectivity index is 1.77. The van der Waals surface area contributed by atoms with E-state index in [0.29, 0.717) is 6.04 Å². The molecule has 1 atom stereocenters. The number of aromatic nitrogens is 3. The summed E-state index contributed by atoms with van der Waals surface area (Å²) in [7, 11) is 4.12. The third-order valence-electron chi connectivity index (χ3n) is 4.40. The lowest BCUT2D eigenvalue weighted by molar-refractivity contribution is 0.242. The molecule has 0 aromatic carbocycles. The summed E-state index contributed by atoms with van der Waals surface area (Å²) in [6.45, 7) is 5.03. The molecule has 0 amide bonds. The van der Waals surface area contributed by atoms with E-state index in [1.54, 1.807) is 0 Å². The van der Waals surface area contributed by atoms with Crippen molar-refractivity contribution in [1.29, 1.82) is 0 Å². The summed E-state index contributed by atoms with van der Waals surface area (Å²) >= 11 is 0. The summed E-state index contributed by atoms with van der Waals surface area (Å²) in [5.41, 5.74) is 4.75. The maximum absolute atomic E-state index is 4.85. The van der Waals surface area contributed by atoms with Crippen molar-refractivity contribution in [2.45, 2.75) is 38.9 Å². The topological polar surface area (TPSA) is 45.2 Å². The average Bonchev–Trinajstić information content (AvgIpc) is 2.97. The zero-order valence-electron chi connectivity index (χ0n) is 14.2. The maximum atomic E-state index is 4.85. The van der Waals surface area contributed by atoms with Crippen LogP contribution in [0.4, 0.5) is 0 Å². The van der Waals surface area contributed by atoms with Crippen LogP contribution < -0.4 is 0 Å². The van der Waals surface area contributed by atoms with Crippen molar-refractivity contribution in [2.75, 3.05) is 20.6 Å². The Morgan fingerprint density at radius 3 is 2.87 bits per heavy atom. The normalized spacial score (nSPS) is 18.7. The largest absolute Gasteiger partial charge is 0.304 e. The molecule has 0 N–H and O–H groups in total. The summed E-state index contributed by atoms with van der Waals surface area (Å²) in [4.78, 5) is 18.1. The van der Waals surface area contributed by atoms with Gasteiger partial charge in [0.1, 0.15) is 0 Å². The van der Waals surface area contributed by atoms with Crippen LogP contribution in [0.3, 0.4) is 0 Å². The summed E-state index contributed by atoms with van der Waals surface area (Å²) in [5, 5.41) is 0. The first-order valence-electron chi connectivity index (χ1n) is 8.22. The van der Waals surface area contributed by atoms with Crippen LogP contribution in [-0.4, -0.2) is 45.4 Å². The summed E-state index contributed by atoms with van der Waals surface area (Å²) in [5.74, 6) is 0. The van der Waals surface area contributed by atoms with Crippen LogP contribution in [0.1, 0.15) is 41.4 Å². The first kappa shape index (κ1) is 16.0. The highest BCUT2D eigenvalue weighted by atomic mass is 15.2. The first-order chi connectivity index (χ1) is 11.1. The minimum Gasteiger partial charge on any atom is -0.304 e. The Bertz CT molecular complexity index is 655. The van der Waals surface area contributed by atoms with Crippen molar-refractivity contribution in [3.8, 4) is 0 Å². The first-order valence-corrected chi connectivity index (χ1v) is 8.22. The number of rotatable bonds is 5. The Morgan fingerprint density at radius 2 is 2.09 bits per heavy atom. The molecular formula is C18H25N5. The van der Waals surface area contributed by atoms with E-state index >= 15 is 0 Å². The smallest absolute Gasteiger partial charge is 0.0762 e. The van der Waals surface area contributed by atoms with Crippen LogP contribution >= 0.6 is 0 Å². The number of hydrogen-bond acceptors (Lipinski definition) is 5. The highest BCUT2D eigenvalue weighted by molar-refractivity contribution is 5.22. The molecule has 1 unspecified atom stereocenters. The zero-order chi connectivity index (χ0) is 16.2. The quantitative estimate of drug-likeness (QED) is 0.849. The van der Waals surface area contributed by atoms with Crippen LogP contribution in [0.15, 0.2) is 30.9 Å². The van der Waals surface area contributed by atoms with E-state index in [-0.39, 0.29) is 0 Å². The van der Waals surface area contributed by atoms with Crippen molar-refractivity contribution in [1.82, 2.24) is 24.8 Å². The van der Waals surface area contributed by atoms with E-state index in [1.807, 2.05) is 24.8 Å². The molecule has 1 fully saturated rings.